The summed E-state index contributed by atoms with van der Waals surface area (Å²) in [7, 11) is 0. The maximum Gasteiger partial charge on any atom is 0.0588 e. The van der Waals surface area contributed by atoms with Gasteiger partial charge in [-0.15, -0.1) is 12.4 Å². The van der Waals surface area contributed by atoms with Crippen molar-refractivity contribution in [1.82, 2.24) is 10.2 Å². The molecular weight excluding hydrogens is 388 g/mol. The Balaban J connectivity index is 0.00000175. The molecule has 0 aromatic rings. The Morgan fingerprint density at radius 3 is 2.73 bits per heavy atom. The van der Waals surface area contributed by atoms with Crippen LogP contribution in [0.4, 0.5) is 0 Å². The molecule has 1 N–H and O–H groups in total. The Bertz CT molecular complexity index is 879. The van der Waals surface area contributed by atoms with Crippen molar-refractivity contribution in [2.75, 3.05) is 6.54 Å². The van der Waals surface area contributed by atoms with E-state index in [2.05, 4.69) is 40.7 Å². The molecule has 160 valence electrons. The van der Waals surface area contributed by atoms with E-state index in [1.54, 1.807) is 22.5 Å². The zero-order chi connectivity index (χ0) is 18.9. The predicted octanol–water partition coefficient (Wildman–Crippen LogP) is 6.25. The Morgan fingerprint density at radius 1 is 1.00 bits per heavy atom. The first-order valence-electron chi connectivity index (χ1n) is 12.4. The summed E-state index contributed by atoms with van der Waals surface area (Å²) in [4.78, 5) is 2.83. The van der Waals surface area contributed by atoms with E-state index in [1.807, 2.05) is 5.57 Å². The van der Waals surface area contributed by atoms with E-state index in [0.717, 1.165) is 30.2 Å². The van der Waals surface area contributed by atoms with E-state index in [0.29, 0.717) is 12.0 Å². The molecule has 3 aliphatic heterocycles. The number of nitrogens with one attached hydrogen (secondary N) is 1. The number of halogens is 1. The molecule has 4 aliphatic carbocycles. The zero-order valence-electron chi connectivity index (χ0n) is 18.0. The molecule has 7 rings (SSSR count). The highest BCUT2D eigenvalue weighted by molar-refractivity contribution is 5.85. The van der Waals surface area contributed by atoms with Gasteiger partial charge in [-0.05, 0) is 92.3 Å². The van der Waals surface area contributed by atoms with Crippen LogP contribution in [-0.2, 0) is 0 Å². The molecule has 1 saturated heterocycles. The molecule has 0 spiro atoms. The van der Waals surface area contributed by atoms with Crippen molar-refractivity contribution in [2.45, 2.75) is 70.3 Å². The van der Waals surface area contributed by atoms with Gasteiger partial charge in [0.2, 0.25) is 0 Å². The lowest BCUT2D eigenvalue weighted by molar-refractivity contribution is 0.311. The highest BCUT2D eigenvalue weighted by Crippen LogP contribution is 2.61. The number of hydrogen-bond acceptors (Lipinski definition) is 2. The molecule has 0 radical (unpaired) electrons. The van der Waals surface area contributed by atoms with Gasteiger partial charge in [0.05, 0.1) is 6.04 Å². The Hall–Kier alpha value is -1.41. The molecule has 5 atom stereocenters. The summed E-state index contributed by atoms with van der Waals surface area (Å²) in [6.45, 7) is 0.987. The second-order valence-electron chi connectivity index (χ2n) is 10.6. The molecule has 2 nitrogen and oxygen atoms in total. The number of allylic oxidation sites excluding steroid dienone is 5. The monoisotopic (exact) mass is 422 g/mol. The normalized spacial score (nSPS) is 40.4. The second kappa shape index (κ2) is 7.33. The van der Waals surface area contributed by atoms with Crippen molar-refractivity contribution in [3.63, 3.8) is 0 Å². The van der Waals surface area contributed by atoms with Crippen LogP contribution in [0.25, 0.3) is 0 Å². The number of hydrogen-bond donors (Lipinski definition) is 1. The molecule has 0 bridgehead atoms. The lowest BCUT2D eigenvalue weighted by atomic mass is 9.75. The molecule has 0 aromatic heterocycles. The van der Waals surface area contributed by atoms with E-state index in [1.165, 1.54) is 64.2 Å². The van der Waals surface area contributed by atoms with Crippen LogP contribution >= 0.6 is 12.4 Å². The van der Waals surface area contributed by atoms with Crippen LogP contribution in [0, 0.1) is 29.6 Å². The summed E-state index contributed by atoms with van der Waals surface area (Å²) in [5, 5.41) is 3.53. The standard InChI is InChI=1S/C27H34N2.ClH/c1-4-8-25-17(5-1)9-11-19-18(15-23-20-6-2-3-7-21(20)23)10-12-22-24-16-28-14-13-26(24)29(25)27(19)22;/h1,5,9,13,16,18,20-23,25,28H,2-4,6-8,10-12,14-15H2;1H. The van der Waals surface area contributed by atoms with Gasteiger partial charge in [-0.25, -0.2) is 0 Å². The SMILES string of the molecule is C1=CC2=CCC3=C4C(CCC3CC3C5CCCCC53)C3=CNCC=C3N4C2CC1.Cl. The van der Waals surface area contributed by atoms with Crippen LogP contribution in [0.15, 0.2) is 58.6 Å². The van der Waals surface area contributed by atoms with Crippen LogP contribution in [0.2, 0.25) is 0 Å². The zero-order valence-corrected chi connectivity index (χ0v) is 18.8. The molecular formula is C27H35ClN2. The summed E-state index contributed by atoms with van der Waals surface area (Å²) < 4.78 is 0. The third-order valence-corrected chi connectivity index (χ3v) is 9.38. The van der Waals surface area contributed by atoms with E-state index in [9.17, 15) is 0 Å². The molecule has 5 unspecified atom stereocenters. The van der Waals surface area contributed by atoms with Gasteiger partial charge >= 0.3 is 0 Å². The average Bonchev–Trinajstić information content (AvgIpc) is 3.41. The van der Waals surface area contributed by atoms with Crippen LogP contribution in [0.1, 0.15) is 64.2 Å². The first-order valence-corrected chi connectivity index (χ1v) is 12.4. The summed E-state index contributed by atoms with van der Waals surface area (Å²) in [5.74, 6) is 4.75. The molecule has 3 heteroatoms. The van der Waals surface area contributed by atoms with Crippen LogP contribution in [-0.4, -0.2) is 17.5 Å². The third kappa shape index (κ3) is 2.75. The van der Waals surface area contributed by atoms with E-state index >= 15 is 0 Å². The van der Waals surface area contributed by atoms with Gasteiger partial charge in [-0.3, -0.25) is 0 Å². The van der Waals surface area contributed by atoms with Crippen molar-refractivity contribution in [2.24, 2.45) is 29.6 Å². The summed E-state index contributed by atoms with van der Waals surface area (Å²) in [5.41, 5.74) is 8.31. The fourth-order valence-electron chi connectivity index (χ4n) is 8.05. The van der Waals surface area contributed by atoms with Gasteiger partial charge < -0.3 is 10.2 Å². The number of dihydropyridines is 1. The maximum absolute atomic E-state index is 3.53. The van der Waals surface area contributed by atoms with Crippen LogP contribution in [0.5, 0.6) is 0 Å². The Kier molecular flexibility index (Phi) is 4.71. The highest BCUT2D eigenvalue weighted by atomic mass is 35.5. The lowest BCUT2D eigenvalue weighted by Gasteiger charge is -2.37. The summed E-state index contributed by atoms with van der Waals surface area (Å²) >= 11 is 0. The minimum Gasteiger partial charge on any atom is -0.387 e. The molecule has 3 heterocycles. The fraction of sp³-hybridized carbons (Fsp3) is 0.630. The van der Waals surface area contributed by atoms with Gasteiger partial charge in [0.25, 0.3) is 0 Å². The lowest BCUT2D eigenvalue weighted by Crippen LogP contribution is -2.35. The van der Waals surface area contributed by atoms with E-state index in [4.69, 9.17) is 0 Å². The van der Waals surface area contributed by atoms with Crippen LogP contribution in [0.3, 0.4) is 0 Å². The maximum atomic E-state index is 3.53. The quantitative estimate of drug-likeness (QED) is 0.565. The number of nitrogens with zero attached hydrogens (tertiary/aromatic N) is 1. The third-order valence-electron chi connectivity index (χ3n) is 9.38. The molecule has 2 saturated carbocycles. The van der Waals surface area contributed by atoms with Gasteiger partial charge in [-0.1, -0.05) is 31.1 Å². The first-order chi connectivity index (χ1) is 14.4. The second-order valence-corrected chi connectivity index (χ2v) is 10.6. The van der Waals surface area contributed by atoms with E-state index in [-0.39, 0.29) is 12.4 Å². The largest absolute Gasteiger partial charge is 0.387 e. The van der Waals surface area contributed by atoms with Gasteiger partial charge in [0, 0.05) is 35.6 Å². The topological polar surface area (TPSA) is 15.3 Å². The van der Waals surface area contributed by atoms with Crippen LogP contribution < -0.4 is 5.32 Å². The number of fused-ring (bicyclic) bond motifs is 6. The Labute approximate surface area is 187 Å². The van der Waals surface area contributed by atoms with Crippen molar-refractivity contribution < 1.29 is 0 Å². The molecule has 3 fully saturated rings. The summed E-state index contributed by atoms with van der Waals surface area (Å²) in [6.07, 6.45) is 26.4. The fourth-order valence-corrected chi connectivity index (χ4v) is 8.05. The smallest absolute Gasteiger partial charge is 0.0588 e. The minimum absolute atomic E-state index is 0. The molecule has 0 amide bonds. The predicted molar refractivity (Wildman–Crippen MR) is 125 cm³/mol. The van der Waals surface area contributed by atoms with Crippen molar-refractivity contribution in [3.8, 4) is 0 Å². The molecule has 0 aromatic carbocycles. The van der Waals surface area contributed by atoms with Crippen molar-refractivity contribution in [3.05, 3.63) is 58.6 Å². The molecule has 7 aliphatic rings. The van der Waals surface area contributed by atoms with Gasteiger partial charge in [0.15, 0.2) is 0 Å². The van der Waals surface area contributed by atoms with Crippen molar-refractivity contribution >= 4 is 12.4 Å². The average molecular weight is 423 g/mol. The minimum atomic E-state index is 0. The van der Waals surface area contributed by atoms with Crippen molar-refractivity contribution in [1.29, 1.82) is 0 Å². The summed E-state index contributed by atoms with van der Waals surface area (Å²) in [6, 6.07) is 0.576. The molecule has 30 heavy (non-hydrogen) atoms. The highest BCUT2D eigenvalue weighted by Gasteiger charge is 2.53. The Morgan fingerprint density at radius 2 is 1.87 bits per heavy atom. The number of rotatable bonds is 2. The van der Waals surface area contributed by atoms with Gasteiger partial charge in [0.1, 0.15) is 0 Å². The van der Waals surface area contributed by atoms with Gasteiger partial charge in [-0.2, -0.15) is 0 Å². The first kappa shape index (κ1) is 19.3. The van der Waals surface area contributed by atoms with E-state index < -0.39 is 0 Å².